The van der Waals surface area contributed by atoms with Crippen LogP contribution in [0.2, 0.25) is 0 Å². The summed E-state index contributed by atoms with van der Waals surface area (Å²) in [5.74, 6) is 0.617. The number of aromatic nitrogens is 1. The topological polar surface area (TPSA) is 51.2 Å². The summed E-state index contributed by atoms with van der Waals surface area (Å²) in [7, 11) is 0. The zero-order valence-corrected chi connectivity index (χ0v) is 8.63. The Morgan fingerprint density at radius 1 is 1.50 bits per heavy atom. The van der Waals surface area contributed by atoms with Crippen LogP contribution in [0.25, 0.3) is 0 Å². The Bertz CT molecular complexity index is 337. The third kappa shape index (κ3) is 2.02. The molecule has 0 spiro atoms. The number of hydrogen-bond donors (Lipinski definition) is 1. The van der Waals surface area contributed by atoms with Crippen LogP contribution in [0.15, 0.2) is 12.3 Å². The second-order valence-electron chi connectivity index (χ2n) is 2.66. The normalized spacial score (nSPS) is 12.9. The van der Waals surface area contributed by atoms with Crippen LogP contribution in [-0.4, -0.2) is 11.1 Å². The van der Waals surface area contributed by atoms with Gasteiger partial charge in [0.1, 0.15) is 12.4 Å². The van der Waals surface area contributed by atoms with E-state index in [1.165, 1.54) is 0 Å². The maximum absolute atomic E-state index is 10.8. The van der Waals surface area contributed by atoms with Crippen LogP contribution < -0.4 is 5.32 Å². The first-order chi connectivity index (χ1) is 6.77. The number of amides is 1. The predicted octanol–water partition coefficient (Wildman–Crippen LogP) is 2.48. The van der Waals surface area contributed by atoms with E-state index in [1.807, 2.05) is 26.8 Å². The number of carbonyl (C=O) groups is 1. The van der Waals surface area contributed by atoms with Crippen molar-refractivity contribution < 1.29 is 9.53 Å². The monoisotopic (exact) mass is 194 g/mol. The highest BCUT2D eigenvalue weighted by molar-refractivity contribution is 5.86. The molecule has 0 aromatic carbocycles. The molecule has 0 fully saturated rings. The Morgan fingerprint density at radius 3 is 2.93 bits per heavy atom. The van der Waals surface area contributed by atoms with Gasteiger partial charge in [-0.25, -0.2) is 9.78 Å². The average molecular weight is 194 g/mol. The number of aryl methyl sites for hydroxylation is 1. The first-order valence-electron chi connectivity index (χ1n) is 4.65. The van der Waals surface area contributed by atoms with Crippen molar-refractivity contribution in [1.82, 2.24) is 4.98 Å². The molecule has 0 atom stereocenters. The summed E-state index contributed by atoms with van der Waals surface area (Å²) in [6.45, 7) is 6.28. The number of pyridine rings is 1. The van der Waals surface area contributed by atoms with Gasteiger partial charge < -0.3 is 4.74 Å². The van der Waals surface area contributed by atoms with Crippen molar-refractivity contribution in [2.75, 3.05) is 5.32 Å². The number of cyclic esters (lactones) is 1. The zero-order chi connectivity index (χ0) is 10.6. The molecule has 4 heteroatoms. The van der Waals surface area contributed by atoms with E-state index in [0.717, 1.165) is 11.1 Å². The maximum Gasteiger partial charge on any atom is 0.413 e. The minimum atomic E-state index is -0.430. The van der Waals surface area contributed by atoms with Crippen LogP contribution in [0.1, 0.15) is 25.0 Å². The summed E-state index contributed by atoms with van der Waals surface area (Å²) < 4.78 is 4.80. The number of carbonyl (C=O) groups excluding carboxylic acids is 1. The lowest BCUT2D eigenvalue weighted by Gasteiger charge is -2.17. The zero-order valence-electron chi connectivity index (χ0n) is 8.63. The van der Waals surface area contributed by atoms with E-state index < -0.39 is 6.09 Å². The van der Waals surface area contributed by atoms with Crippen LogP contribution in [0.4, 0.5) is 10.6 Å². The molecule has 0 bridgehead atoms. The molecule has 1 aromatic heterocycles. The first kappa shape index (κ1) is 10.5. The van der Waals surface area contributed by atoms with E-state index in [1.54, 1.807) is 6.20 Å². The SMILES string of the molecule is CC.Cc1ccnc2c1COC(=O)N2. The van der Waals surface area contributed by atoms with Crippen LogP contribution in [0.5, 0.6) is 0 Å². The van der Waals surface area contributed by atoms with Crippen LogP contribution in [0.3, 0.4) is 0 Å². The van der Waals surface area contributed by atoms with Gasteiger partial charge in [0.2, 0.25) is 0 Å². The molecule has 1 aromatic rings. The molecule has 1 N–H and O–H groups in total. The van der Waals surface area contributed by atoms with E-state index in [4.69, 9.17) is 4.74 Å². The Hall–Kier alpha value is -1.58. The Kier molecular flexibility index (Phi) is 3.45. The molecule has 0 radical (unpaired) electrons. The van der Waals surface area contributed by atoms with Gasteiger partial charge in [0.05, 0.1) is 0 Å². The molecular formula is C10H14N2O2. The van der Waals surface area contributed by atoms with Crippen LogP contribution >= 0.6 is 0 Å². The molecule has 1 aliphatic heterocycles. The number of fused-ring (bicyclic) bond motifs is 1. The lowest BCUT2D eigenvalue weighted by atomic mass is 10.1. The highest BCUT2D eigenvalue weighted by atomic mass is 16.5. The standard InChI is InChI=1S/C8H8N2O2.C2H6/c1-5-2-3-9-7-6(5)4-12-8(11)10-7;1-2/h2-3H,4H2,1H3,(H,9,10,11);1-2H3. The summed E-state index contributed by atoms with van der Waals surface area (Å²) in [6, 6.07) is 1.89. The quantitative estimate of drug-likeness (QED) is 0.690. The predicted molar refractivity (Wildman–Crippen MR) is 54.1 cm³/mol. The number of anilines is 1. The largest absolute Gasteiger partial charge is 0.444 e. The molecule has 0 unspecified atom stereocenters. The molecule has 4 nitrogen and oxygen atoms in total. The average Bonchev–Trinajstić information content (AvgIpc) is 2.21. The van der Waals surface area contributed by atoms with Gasteiger partial charge in [-0.1, -0.05) is 13.8 Å². The minimum absolute atomic E-state index is 0.320. The molecule has 0 aliphatic carbocycles. The van der Waals surface area contributed by atoms with Gasteiger partial charge in [0.15, 0.2) is 0 Å². The smallest absolute Gasteiger partial charge is 0.413 e. The fourth-order valence-electron chi connectivity index (χ4n) is 1.15. The lowest BCUT2D eigenvalue weighted by Crippen LogP contribution is -2.21. The molecule has 2 heterocycles. The van der Waals surface area contributed by atoms with Crippen molar-refractivity contribution in [3.05, 3.63) is 23.4 Å². The van der Waals surface area contributed by atoms with Crippen molar-refractivity contribution in [2.45, 2.75) is 27.4 Å². The Morgan fingerprint density at radius 2 is 2.21 bits per heavy atom. The Labute approximate surface area is 83.3 Å². The highest BCUT2D eigenvalue weighted by Gasteiger charge is 2.17. The van der Waals surface area contributed by atoms with E-state index >= 15 is 0 Å². The summed E-state index contributed by atoms with van der Waals surface area (Å²) in [6.07, 6.45) is 1.24. The highest BCUT2D eigenvalue weighted by Crippen LogP contribution is 2.21. The van der Waals surface area contributed by atoms with Crippen molar-refractivity contribution in [3.8, 4) is 0 Å². The molecule has 14 heavy (non-hydrogen) atoms. The summed E-state index contributed by atoms with van der Waals surface area (Å²) in [5.41, 5.74) is 2.04. The van der Waals surface area contributed by atoms with E-state index in [0.29, 0.717) is 12.4 Å². The number of ether oxygens (including phenoxy) is 1. The van der Waals surface area contributed by atoms with Crippen molar-refractivity contribution in [2.24, 2.45) is 0 Å². The van der Waals surface area contributed by atoms with Gasteiger partial charge >= 0.3 is 6.09 Å². The summed E-state index contributed by atoms with van der Waals surface area (Å²) >= 11 is 0. The van der Waals surface area contributed by atoms with Crippen LogP contribution in [0, 0.1) is 6.92 Å². The fraction of sp³-hybridized carbons (Fsp3) is 0.400. The molecule has 0 saturated carbocycles. The fourth-order valence-corrected chi connectivity index (χ4v) is 1.15. The summed E-state index contributed by atoms with van der Waals surface area (Å²) in [4.78, 5) is 14.8. The first-order valence-corrected chi connectivity index (χ1v) is 4.65. The van der Waals surface area contributed by atoms with Gasteiger partial charge in [-0.05, 0) is 18.6 Å². The molecule has 1 amide bonds. The van der Waals surface area contributed by atoms with E-state index in [-0.39, 0.29) is 0 Å². The van der Waals surface area contributed by atoms with Crippen molar-refractivity contribution in [1.29, 1.82) is 0 Å². The molecule has 1 aliphatic rings. The van der Waals surface area contributed by atoms with E-state index in [2.05, 4.69) is 10.3 Å². The molecule has 2 rings (SSSR count). The van der Waals surface area contributed by atoms with Crippen molar-refractivity contribution in [3.63, 3.8) is 0 Å². The summed E-state index contributed by atoms with van der Waals surface area (Å²) in [5, 5.41) is 2.53. The Balaban J connectivity index is 0.000000461. The molecular weight excluding hydrogens is 180 g/mol. The van der Waals surface area contributed by atoms with Crippen molar-refractivity contribution >= 4 is 11.9 Å². The second-order valence-corrected chi connectivity index (χ2v) is 2.66. The van der Waals surface area contributed by atoms with Gasteiger partial charge in [-0.2, -0.15) is 0 Å². The van der Waals surface area contributed by atoms with Gasteiger partial charge in [0.25, 0.3) is 0 Å². The number of nitrogens with zero attached hydrogens (tertiary/aromatic N) is 1. The second kappa shape index (κ2) is 4.60. The maximum atomic E-state index is 10.8. The van der Waals surface area contributed by atoms with E-state index in [9.17, 15) is 4.79 Å². The third-order valence-electron chi connectivity index (χ3n) is 1.86. The van der Waals surface area contributed by atoms with Gasteiger partial charge in [-0.3, -0.25) is 5.32 Å². The molecule has 0 saturated heterocycles. The number of nitrogens with one attached hydrogen (secondary N) is 1. The third-order valence-corrected chi connectivity index (χ3v) is 1.86. The number of rotatable bonds is 0. The number of hydrogen-bond acceptors (Lipinski definition) is 3. The lowest BCUT2D eigenvalue weighted by molar-refractivity contribution is 0.150. The van der Waals surface area contributed by atoms with Crippen LogP contribution in [-0.2, 0) is 11.3 Å². The molecule has 76 valence electrons. The minimum Gasteiger partial charge on any atom is -0.444 e. The van der Waals surface area contributed by atoms with Gasteiger partial charge in [-0.15, -0.1) is 0 Å². The van der Waals surface area contributed by atoms with Gasteiger partial charge in [0, 0.05) is 11.8 Å².